The van der Waals surface area contributed by atoms with Crippen LogP contribution in [0.1, 0.15) is 75.2 Å². The van der Waals surface area contributed by atoms with Gasteiger partial charge in [0.15, 0.2) is 0 Å². The number of likely N-dealkylation sites (tertiary alicyclic amines) is 1. The van der Waals surface area contributed by atoms with Crippen molar-refractivity contribution in [3.8, 4) is 5.69 Å². The molecule has 1 aromatic heterocycles. The van der Waals surface area contributed by atoms with Gasteiger partial charge in [0, 0.05) is 6.54 Å². The summed E-state index contributed by atoms with van der Waals surface area (Å²) in [6.45, 7) is 8.26. The van der Waals surface area contributed by atoms with E-state index in [1.807, 2.05) is 6.07 Å². The molecule has 6 nitrogen and oxygen atoms in total. The largest absolute Gasteiger partial charge is 0.453 e. The van der Waals surface area contributed by atoms with Gasteiger partial charge in [0.05, 0.1) is 17.9 Å². The second kappa shape index (κ2) is 12.4. The molecule has 2 aliphatic heterocycles. The van der Waals surface area contributed by atoms with Gasteiger partial charge in [-0.05, 0) is 115 Å². The fraction of sp³-hybridized carbons (Fsp3) is 0.516. The zero-order chi connectivity index (χ0) is 29.0. The van der Waals surface area contributed by atoms with Crippen molar-refractivity contribution in [1.29, 1.82) is 0 Å². The van der Waals surface area contributed by atoms with Gasteiger partial charge in [0.25, 0.3) is 5.82 Å². The third kappa shape index (κ3) is 7.04. The Morgan fingerprint density at radius 2 is 1.83 bits per heavy atom. The fourth-order valence-corrected chi connectivity index (χ4v) is 6.26. The number of hydrogen-bond acceptors (Lipinski definition) is 5. The van der Waals surface area contributed by atoms with E-state index in [1.165, 1.54) is 51.0 Å². The lowest BCUT2D eigenvalue weighted by atomic mass is 9.87. The minimum Gasteiger partial charge on any atom is -0.370 e. The number of rotatable bonds is 5. The third-order valence-corrected chi connectivity index (χ3v) is 8.34. The van der Waals surface area contributed by atoms with Gasteiger partial charge in [0.2, 0.25) is 0 Å². The summed E-state index contributed by atoms with van der Waals surface area (Å²) in [5, 5.41) is 10.0. The van der Waals surface area contributed by atoms with E-state index in [1.54, 1.807) is 30.3 Å². The maximum absolute atomic E-state index is 13.4. The standard InChI is InChI=1S/C25H32F3N5O.C6H5F/c1-17(2)21-6-5-20(33-23(25(26,27)28)29-30-31-33)13-22(21)19-8-10-24(34-16-19)9-7-18(14-24)15-32-11-3-4-12-32;7-6-4-2-1-3-5-6/h5-6,8,13,17-18H,3-4,7,9-12,14-16H2,1-2H3;1-5H/t18?,24-;/m1./s1. The van der Waals surface area contributed by atoms with Crippen LogP contribution in [0.2, 0.25) is 0 Å². The molecule has 1 saturated carbocycles. The first-order chi connectivity index (χ1) is 19.6. The van der Waals surface area contributed by atoms with Crippen molar-refractivity contribution in [1.82, 2.24) is 25.1 Å². The zero-order valence-corrected chi connectivity index (χ0v) is 23.6. The van der Waals surface area contributed by atoms with Gasteiger partial charge in [-0.15, -0.1) is 5.10 Å². The Hall–Kier alpha value is -3.11. The van der Waals surface area contributed by atoms with Crippen LogP contribution in [-0.2, 0) is 10.9 Å². The Kier molecular flexibility index (Phi) is 8.89. The van der Waals surface area contributed by atoms with E-state index >= 15 is 0 Å². The predicted octanol–water partition coefficient (Wildman–Crippen LogP) is 7.07. The highest BCUT2D eigenvalue weighted by Crippen LogP contribution is 2.45. The molecule has 1 unspecified atom stereocenters. The molecule has 0 radical (unpaired) electrons. The quantitative estimate of drug-likeness (QED) is 0.307. The molecule has 0 N–H and O–H groups in total. The van der Waals surface area contributed by atoms with Crippen LogP contribution in [0, 0.1) is 11.7 Å². The minimum absolute atomic E-state index is 0.0945. The SMILES string of the molecule is CC(C)c1ccc(-n2nnnc2C(F)(F)F)cc1C1=CC[C@@]2(CCC(CN3CCCC3)C2)OC1.Fc1ccccc1. The fourth-order valence-electron chi connectivity index (χ4n) is 6.26. The Balaban J connectivity index is 0.000000423. The molecule has 2 fully saturated rings. The molecule has 10 heteroatoms. The summed E-state index contributed by atoms with van der Waals surface area (Å²) in [6, 6.07) is 13.2. The lowest BCUT2D eigenvalue weighted by molar-refractivity contribution is -0.146. The van der Waals surface area contributed by atoms with E-state index in [9.17, 15) is 17.6 Å². The molecule has 1 saturated heterocycles. The molecule has 3 heterocycles. The van der Waals surface area contributed by atoms with Crippen LogP contribution < -0.4 is 0 Å². The molecule has 3 aromatic rings. The molecule has 1 spiro atoms. The highest BCUT2D eigenvalue weighted by atomic mass is 19.4. The maximum Gasteiger partial charge on any atom is 0.453 e. The summed E-state index contributed by atoms with van der Waals surface area (Å²) in [7, 11) is 0. The van der Waals surface area contributed by atoms with Crippen LogP contribution in [0.5, 0.6) is 0 Å². The van der Waals surface area contributed by atoms with Crippen LogP contribution >= 0.6 is 0 Å². The highest BCUT2D eigenvalue weighted by Gasteiger charge is 2.42. The second-order valence-electron chi connectivity index (χ2n) is 11.7. The van der Waals surface area contributed by atoms with Crippen LogP contribution in [0.3, 0.4) is 0 Å². The van der Waals surface area contributed by atoms with Crippen molar-refractivity contribution in [2.24, 2.45) is 5.92 Å². The van der Waals surface area contributed by atoms with E-state index < -0.39 is 12.0 Å². The predicted molar refractivity (Wildman–Crippen MR) is 149 cm³/mol. The Morgan fingerprint density at radius 1 is 1.07 bits per heavy atom. The third-order valence-electron chi connectivity index (χ3n) is 8.34. The van der Waals surface area contributed by atoms with E-state index in [-0.39, 0.29) is 17.3 Å². The lowest BCUT2D eigenvalue weighted by Crippen LogP contribution is -2.34. The molecular weight excluding hydrogens is 534 g/mol. The average molecular weight is 572 g/mol. The zero-order valence-electron chi connectivity index (χ0n) is 23.6. The van der Waals surface area contributed by atoms with Gasteiger partial charge < -0.3 is 9.64 Å². The summed E-state index contributed by atoms with van der Waals surface area (Å²) >= 11 is 0. The van der Waals surface area contributed by atoms with Crippen molar-refractivity contribution in [3.05, 3.63) is 77.4 Å². The number of ether oxygens (including phenoxy) is 1. The van der Waals surface area contributed by atoms with Crippen molar-refractivity contribution in [3.63, 3.8) is 0 Å². The molecule has 0 bridgehead atoms. The summed E-state index contributed by atoms with van der Waals surface area (Å²) in [5.41, 5.74) is 3.22. The molecule has 3 aliphatic rings. The van der Waals surface area contributed by atoms with E-state index in [4.69, 9.17) is 4.74 Å². The summed E-state index contributed by atoms with van der Waals surface area (Å²) in [6.07, 6.45) is 4.45. The van der Waals surface area contributed by atoms with Crippen molar-refractivity contribution in [2.75, 3.05) is 26.2 Å². The molecule has 2 aromatic carbocycles. The monoisotopic (exact) mass is 571 g/mol. The highest BCUT2D eigenvalue weighted by molar-refractivity contribution is 5.72. The summed E-state index contributed by atoms with van der Waals surface area (Å²) in [5.74, 6) is -0.405. The van der Waals surface area contributed by atoms with Crippen molar-refractivity contribution in [2.45, 2.75) is 70.1 Å². The van der Waals surface area contributed by atoms with Gasteiger partial charge >= 0.3 is 6.18 Å². The first kappa shape index (κ1) is 29.4. The van der Waals surface area contributed by atoms with E-state index in [0.717, 1.165) is 40.6 Å². The van der Waals surface area contributed by atoms with E-state index in [0.29, 0.717) is 18.2 Å². The number of alkyl halides is 3. The Bertz CT molecular complexity index is 1330. The first-order valence-electron chi connectivity index (χ1n) is 14.4. The minimum atomic E-state index is -4.63. The van der Waals surface area contributed by atoms with Crippen LogP contribution in [0.15, 0.2) is 54.6 Å². The number of hydrogen-bond donors (Lipinski definition) is 0. The van der Waals surface area contributed by atoms with Gasteiger partial charge in [-0.25, -0.2) is 4.39 Å². The molecule has 1 aliphatic carbocycles. The van der Waals surface area contributed by atoms with Gasteiger partial charge in [-0.1, -0.05) is 44.2 Å². The Morgan fingerprint density at radius 3 is 2.44 bits per heavy atom. The number of benzene rings is 2. The number of halogens is 4. The number of tetrazole rings is 1. The summed E-state index contributed by atoms with van der Waals surface area (Å²) in [4.78, 5) is 2.59. The maximum atomic E-state index is 13.4. The number of aromatic nitrogens is 4. The normalized spacial score (nSPS) is 23.1. The lowest BCUT2D eigenvalue weighted by Gasteiger charge is -2.34. The molecule has 41 heavy (non-hydrogen) atoms. The van der Waals surface area contributed by atoms with Gasteiger partial charge in [-0.2, -0.15) is 17.9 Å². The van der Waals surface area contributed by atoms with Crippen LogP contribution in [0.25, 0.3) is 11.3 Å². The van der Waals surface area contributed by atoms with Crippen molar-refractivity contribution < 1.29 is 22.3 Å². The molecule has 2 atom stereocenters. The van der Waals surface area contributed by atoms with Crippen molar-refractivity contribution >= 4 is 5.57 Å². The average Bonchev–Trinajstić information content (AvgIpc) is 3.72. The van der Waals surface area contributed by atoms with Crippen LogP contribution in [-0.4, -0.2) is 56.9 Å². The second-order valence-corrected chi connectivity index (χ2v) is 11.7. The first-order valence-corrected chi connectivity index (χ1v) is 14.4. The topological polar surface area (TPSA) is 56.1 Å². The Labute approximate surface area is 238 Å². The molecule has 0 amide bonds. The molecule has 6 rings (SSSR count). The smallest absolute Gasteiger partial charge is 0.370 e. The van der Waals surface area contributed by atoms with Gasteiger partial charge in [0.1, 0.15) is 5.82 Å². The van der Waals surface area contributed by atoms with E-state index in [2.05, 4.69) is 40.3 Å². The summed E-state index contributed by atoms with van der Waals surface area (Å²) < 4.78 is 59.3. The number of nitrogens with zero attached hydrogens (tertiary/aromatic N) is 5. The van der Waals surface area contributed by atoms with Gasteiger partial charge in [-0.3, -0.25) is 0 Å². The molecule has 220 valence electrons. The van der Waals surface area contributed by atoms with Crippen LogP contribution in [0.4, 0.5) is 17.6 Å². The molecular formula is C31H37F4N5O.